The topological polar surface area (TPSA) is 23.6 Å². The van der Waals surface area contributed by atoms with Crippen LogP contribution in [0.2, 0.25) is 0 Å². The Balaban J connectivity index is 1.12. The molecule has 0 aromatic heterocycles. The number of nitrogens with zero attached hydrogens (tertiary/aromatic N) is 2. The summed E-state index contributed by atoms with van der Waals surface area (Å²) in [5.74, 6) is 0.254. The van der Waals surface area contributed by atoms with Gasteiger partial charge in [0.25, 0.3) is 0 Å². The SMILES string of the molecule is O=C(CCN1CCN(Cc2ccccc2)CC1)c1ccc2c(c1)-c1ccccc1-2. The summed E-state index contributed by atoms with van der Waals surface area (Å²) in [4.78, 5) is 17.7. The first-order valence-corrected chi connectivity index (χ1v) is 10.5. The van der Waals surface area contributed by atoms with E-state index in [-0.39, 0.29) is 5.78 Å². The van der Waals surface area contributed by atoms with Gasteiger partial charge in [0.2, 0.25) is 0 Å². The smallest absolute Gasteiger partial charge is 0.164 e. The van der Waals surface area contributed by atoms with Crippen molar-refractivity contribution in [2.75, 3.05) is 32.7 Å². The second-order valence-electron chi connectivity index (χ2n) is 8.08. The van der Waals surface area contributed by atoms with Crippen molar-refractivity contribution in [3.8, 4) is 22.3 Å². The first kappa shape index (κ1) is 18.3. The van der Waals surface area contributed by atoms with Crippen molar-refractivity contribution in [3.63, 3.8) is 0 Å². The van der Waals surface area contributed by atoms with Crippen LogP contribution in [0.15, 0.2) is 72.8 Å². The number of benzene rings is 3. The zero-order valence-corrected chi connectivity index (χ0v) is 16.7. The van der Waals surface area contributed by atoms with Gasteiger partial charge in [0.05, 0.1) is 0 Å². The van der Waals surface area contributed by atoms with Gasteiger partial charge in [-0.2, -0.15) is 0 Å². The summed E-state index contributed by atoms with van der Waals surface area (Å²) in [6, 6.07) is 25.3. The zero-order chi connectivity index (χ0) is 19.6. The molecule has 3 nitrogen and oxygen atoms in total. The van der Waals surface area contributed by atoms with E-state index in [1.54, 1.807) is 0 Å². The monoisotopic (exact) mass is 382 g/mol. The molecule has 0 amide bonds. The van der Waals surface area contributed by atoms with E-state index in [0.717, 1.165) is 44.8 Å². The van der Waals surface area contributed by atoms with Crippen molar-refractivity contribution >= 4 is 5.78 Å². The van der Waals surface area contributed by atoms with E-state index < -0.39 is 0 Å². The summed E-state index contributed by atoms with van der Waals surface area (Å²) in [6.07, 6.45) is 0.596. The van der Waals surface area contributed by atoms with E-state index in [2.05, 4.69) is 76.5 Å². The van der Waals surface area contributed by atoms with E-state index in [4.69, 9.17) is 0 Å². The third-order valence-electron chi connectivity index (χ3n) is 6.22. The number of fused-ring (bicyclic) bond motifs is 4. The largest absolute Gasteiger partial charge is 0.300 e. The molecule has 1 aliphatic heterocycles. The van der Waals surface area contributed by atoms with Gasteiger partial charge >= 0.3 is 0 Å². The molecule has 0 radical (unpaired) electrons. The molecule has 3 aromatic rings. The minimum absolute atomic E-state index is 0.254. The first-order valence-electron chi connectivity index (χ1n) is 10.5. The summed E-state index contributed by atoms with van der Waals surface area (Å²) in [6.45, 7) is 6.09. The Morgan fingerprint density at radius 2 is 1.31 bits per heavy atom. The fourth-order valence-electron chi connectivity index (χ4n) is 4.48. The molecule has 0 atom stereocenters. The lowest BCUT2D eigenvalue weighted by molar-refractivity contribution is 0.0923. The van der Waals surface area contributed by atoms with Gasteiger partial charge in [-0.1, -0.05) is 66.7 Å². The van der Waals surface area contributed by atoms with Crippen LogP contribution in [0, 0.1) is 0 Å². The maximum Gasteiger partial charge on any atom is 0.164 e. The highest BCUT2D eigenvalue weighted by Gasteiger charge is 2.23. The number of piperazine rings is 1. The van der Waals surface area contributed by atoms with Gasteiger partial charge in [0, 0.05) is 51.3 Å². The van der Waals surface area contributed by atoms with Crippen LogP contribution in [0.3, 0.4) is 0 Å². The van der Waals surface area contributed by atoms with Crippen molar-refractivity contribution in [2.45, 2.75) is 13.0 Å². The van der Waals surface area contributed by atoms with Crippen molar-refractivity contribution in [1.29, 1.82) is 0 Å². The molecule has 2 aliphatic rings. The summed E-state index contributed by atoms with van der Waals surface area (Å²) >= 11 is 0. The summed E-state index contributed by atoms with van der Waals surface area (Å²) < 4.78 is 0. The number of ketones is 1. The standard InChI is InChI=1S/C26H26N2O/c29-26(21-10-11-24-22-8-4-5-9-23(22)25(24)18-21)12-13-27-14-16-28(17-15-27)19-20-6-2-1-3-7-20/h1-11,18H,12-17,19H2. The van der Waals surface area contributed by atoms with Gasteiger partial charge in [-0.25, -0.2) is 0 Å². The van der Waals surface area contributed by atoms with Crippen LogP contribution in [-0.4, -0.2) is 48.3 Å². The Kier molecular flexibility index (Phi) is 5.01. The Bertz CT molecular complexity index is 1020. The fourth-order valence-corrected chi connectivity index (χ4v) is 4.48. The molecule has 5 rings (SSSR count). The number of hydrogen-bond acceptors (Lipinski definition) is 3. The Morgan fingerprint density at radius 1 is 0.690 bits per heavy atom. The summed E-state index contributed by atoms with van der Waals surface area (Å²) in [5, 5.41) is 0. The predicted molar refractivity (Wildman–Crippen MR) is 118 cm³/mol. The van der Waals surface area contributed by atoms with Gasteiger partial charge in [0.1, 0.15) is 0 Å². The highest BCUT2D eigenvalue weighted by Crippen LogP contribution is 2.47. The zero-order valence-electron chi connectivity index (χ0n) is 16.7. The molecule has 0 unspecified atom stereocenters. The highest BCUT2D eigenvalue weighted by atomic mass is 16.1. The molecule has 0 saturated carbocycles. The molecular weight excluding hydrogens is 356 g/mol. The molecule has 1 saturated heterocycles. The van der Waals surface area contributed by atoms with Crippen LogP contribution in [0.4, 0.5) is 0 Å². The van der Waals surface area contributed by atoms with Gasteiger partial charge in [-0.3, -0.25) is 9.69 Å². The average molecular weight is 383 g/mol. The maximum atomic E-state index is 12.8. The fraction of sp³-hybridized carbons (Fsp3) is 0.269. The van der Waals surface area contributed by atoms with E-state index >= 15 is 0 Å². The van der Waals surface area contributed by atoms with Gasteiger partial charge in [-0.15, -0.1) is 0 Å². The summed E-state index contributed by atoms with van der Waals surface area (Å²) in [7, 11) is 0. The molecule has 1 fully saturated rings. The summed E-state index contributed by atoms with van der Waals surface area (Å²) in [5.41, 5.74) is 7.29. The van der Waals surface area contributed by atoms with Crippen LogP contribution in [0.5, 0.6) is 0 Å². The van der Waals surface area contributed by atoms with Crippen molar-refractivity contribution in [1.82, 2.24) is 9.80 Å². The first-order chi connectivity index (χ1) is 14.3. The van der Waals surface area contributed by atoms with Crippen LogP contribution in [0.25, 0.3) is 22.3 Å². The van der Waals surface area contributed by atoms with E-state index in [1.807, 2.05) is 6.07 Å². The Labute approximate surface area is 172 Å². The highest BCUT2D eigenvalue weighted by molar-refractivity contribution is 6.06. The van der Waals surface area contributed by atoms with Crippen LogP contribution < -0.4 is 0 Å². The van der Waals surface area contributed by atoms with Crippen molar-refractivity contribution in [2.24, 2.45) is 0 Å². The average Bonchev–Trinajstić information content (AvgIpc) is 2.77. The molecule has 29 heavy (non-hydrogen) atoms. The third-order valence-corrected chi connectivity index (χ3v) is 6.22. The minimum Gasteiger partial charge on any atom is -0.300 e. The molecule has 1 heterocycles. The molecule has 0 bridgehead atoms. The normalized spacial score (nSPS) is 16.0. The predicted octanol–water partition coefficient (Wildman–Crippen LogP) is 4.72. The third kappa shape index (κ3) is 3.76. The lowest BCUT2D eigenvalue weighted by Gasteiger charge is -2.34. The van der Waals surface area contributed by atoms with Gasteiger partial charge in [0.15, 0.2) is 5.78 Å². The molecule has 0 spiro atoms. The van der Waals surface area contributed by atoms with Crippen LogP contribution in [-0.2, 0) is 6.54 Å². The van der Waals surface area contributed by atoms with Crippen molar-refractivity contribution < 1.29 is 4.79 Å². The molecule has 3 heteroatoms. The number of hydrogen-bond donors (Lipinski definition) is 0. The second kappa shape index (κ2) is 7.94. The number of carbonyl (C=O) groups excluding carboxylic acids is 1. The number of carbonyl (C=O) groups is 1. The van der Waals surface area contributed by atoms with E-state index in [9.17, 15) is 4.79 Å². The van der Waals surface area contributed by atoms with Crippen molar-refractivity contribution in [3.05, 3.63) is 83.9 Å². The van der Waals surface area contributed by atoms with Crippen LogP contribution in [0.1, 0.15) is 22.3 Å². The quantitative estimate of drug-likeness (QED) is 0.451. The lowest BCUT2D eigenvalue weighted by atomic mass is 9.79. The van der Waals surface area contributed by atoms with E-state index in [0.29, 0.717) is 6.42 Å². The lowest BCUT2D eigenvalue weighted by Crippen LogP contribution is -2.46. The maximum absolute atomic E-state index is 12.8. The number of rotatable bonds is 6. The molecule has 146 valence electrons. The van der Waals surface area contributed by atoms with E-state index in [1.165, 1.54) is 27.8 Å². The second-order valence-corrected chi connectivity index (χ2v) is 8.08. The molecule has 1 aliphatic carbocycles. The molecular formula is C26H26N2O. The minimum atomic E-state index is 0.254. The molecule has 0 N–H and O–H groups in total. The Hall–Kier alpha value is -2.75. The Morgan fingerprint density at radius 3 is 2.07 bits per heavy atom. The molecule has 3 aromatic carbocycles. The van der Waals surface area contributed by atoms with Gasteiger partial charge in [-0.05, 0) is 33.9 Å². The van der Waals surface area contributed by atoms with Gasteiger partial charge < -0.3 is 4.90 Å². The number of Topliss-reactive ketones (excluding diaryl/α,β-unsaturated/α-hetero) is 1. The van der Waals surface area contributed by atoms with Crippen LogP contribution >= 0.6 is 0 Å².